The Kier molecular flexibility index (Phi) is 8.23. The lowest BCUT2D eigenvalue weighted by Crippen LogP contribution is -2.51. The topological polar surface area (TPSA) is 43.9 Å². The van der Waals surface area contributed by atoms with Gasteiger partial charge in [-0.3, -0.25) is 9.59 Å². The molecule has 32 heavy (non-hydrogen) atoms. The second kappa shape index (κ2) is 11.3. The maximum atomic E-state index is 13.1. The van der Waals surface area contributed by atoms with Gasteiger partial charge in [0.1, 0.15) is 0 Å². The normalized spacial score (nSPS) is 22.3. The van der Waals surface area contributed by atoms with Gasteiger partial charge in [-0.15, -0.1) is 0 Å². The first-order chi connectivity index (χ1) is 15.6. The summed E-state index contributed by atoms with van der Waals surface area (Å²) in [6, 6.07) is 11.3. The van der Waals surface area contributed by atoms with Crippen molar-refractivity contribution < 1.29 is 9.59 Å². The Balaban J connectivity index is 1.16. The summed E-state index contributed by atoms with van der Waals surface area (Å²) in [7, 11) is 0. The van der Waals surface area contributed by atoms with Crippen molar-refractivity contribution in [3.8, 4) is 0 Å². The fraction of sp³-hybridized carbons (Fsp3) is 0.704. The Hall–Kier alpha value is -1.88. The van der Waals surface area contributed by atoms with Gasteiger partial charge in [-0.2, -0.15) is 0 Å². The molecule has 5 nitrogen and oxygen atoms in total. The van der Waals surface area contributed by atoms with E-state index in [-0.39, 0.29) is 5.92 Å². The van der Waals surface area contributed by atoms with Gasteiger partial charge in [0.15, 0.2) is 0 Å². The maximum Gasteiger partial charge on any atom is 0.225 e. The SMILES string of the molecule is CCCC(=O)N1CCC(N2CCC(C(=O)N3CCC(Cc4ccccc4)CC3)CC2)CC1. The molecule has 176 valence electrons. The molecular formula is C27H41N3O2. The highest BCUT2D eigenvalue weighted by molar-refractivity contribution is 5.79. The van der Waals surface area contributed by atoms with Gasteiger partial charge in [-0.05, 0) is 75.9 Å². The lowest BCUT2D eigenvalue weighted by Gasteiger charge is -2.42. The van der Waals surface area contributed by atoms with E-state index in [0.29, 0.717) is 30.2 Å². The summed E-state index contributed by atoms with van der Waals surface area (Å²) in [5.74, 6) is 1.65. The van der Waals surface area contributed by atoms with Crippen LogP contribution in [0, 0.1) is 11.8 Å². The molecule has 3 aliphatic heterocycles. The fourth-order valence-corrected chi connectivity index (χ4v) is 5.93. The van der Waals surface area contributed by atoms with Crippen LogP contribution in [0.15, 0.2) is 30.3 Å². The first-order valence-corrected chi connectivity index (χ1v) is 13.0. The fourth-order valence-electron chi connectivity index (χ4n) is 5.93. The third kappa shape index (κ3) is 5.92. The molecule has 3 aliphatic rings. The number of likely N-dealkylation sites (tertiary alicyclic amines) is 3. The molecule has 3 heterocycles. The van der Waals surface area contributed by atoms with Crippen molar-refractivity contribution in [2.45, 2.75) is 70.8 Å². The van der Waals surface area contributed by atoms with Gasteiger partial charge < -0.3 is 14.7 Å². The van der Waals surface area contributed by atoms with Crippen LogP contribution >= 0.6 is 0 Å². The molecule has 1 aromatic rings. The Morgan fingerprint density at radius 3 is 2.06 bits per heavy atom. The van der Waals surface area contributed by atoms with Gasteiger partial charge in [0, 0.05) is 44.6 Å². The van der Waals surface area contributed by atoms with Crippen molar-refractivity contribution in [3.63, 3.8) is 0 Å². The zero-order chi connectivity index (χ0) is 22.3. The molecule has 3 fully saturated rings. The van der Waals surface area contributed by atoms with Crippen LogP contribution in [0.3, 0.4) is 0 Å². The van der Waals surface area contributed by atoms with E-state index >= 15 is 0 Å². The van der Waals surface area contributed by atoms with Gasteiger partial charge in [-0.25, -0.2) is 0 Å². The summed E-state index contributed by atoms with van der Waals surface area (Å²) >= 11 is 0. The van der Waals surface area contributed by atoms with Gasteiger partial charge >= 0.3 is 0 Å². The molecule has 4 rings (SSSR count). The van der Waals surface area contributed by atoms with Crippen LogP contribution in [0.1, 0.15) is 63.9 Å². The number of rotatable bonds is 6. The van der Waals surface area contributed by atoms with Gasteiger partial charge in [0.25, 0.3) is 0 Å². The van der Waals surface area contributed by atoms with E-state index in [4.69, 9.17) is 0 Å². The Bertz CT molecular complexity index is 729. The second-order valence-corrected chi connectivity index (χ2v) is 10.1. The minimum atomic E-state index is 0.211. The van der Waals surface area contributed by atoms with Gasteiger partial charge in [0.2, 0.25) is 11.8 Å². The highest BCUT2D eigenvalue weighted by atomic mass is 16.2. The van der Waals surface area contributed by atoms with E-state index in [0.717, 1.165) is 90.6 Å². The number of benzene rings is 1. The predicted octanol–water partition coefficient (Wildman–Crippen LogP) is 3.97. The molecule has 0 radical (unpaired) electrons. The summed E-state index contributed by atoms with van der Waals surface area (Å²) in [5.41, 5.74) is 1.42. The molecule has 0 atom stereocenters. The maximum absolute atomic E-state index is 13.1. The quantitative estimate of drug-likeness (QED) is 0.674. The largest absolute Gasteiger partial charge is 0.343 e. The zero-order valence-electron chi connectivity index (χ0n) is 19.9. The van der Waals surface area contributed by atoms with Crippen molar-refractivity contribution in [2.75, 3.05) is 39.3 Å². The van der Waals surface area contributed by atoms with Crippen molar-refractivity contribution in [1.29, 1.82) is 0 Å². The zero-order valence-corrected chi connectivity index (χ0v) is 19.9. The lowest BCUT2D eigenvalue weighted by atomic mass is 9.88. The average Bonchev–Trinajstić information content (AvgIpc) is 2.85. The van der Waals surface area contributed by atoms with Crippen LogP contribution in [0.4, 0.5) is 0 Å². The Morgan fingerprint density at radius 1 is 0.812 bits per heavy atom. The Morgan fingerprint density at radius 2 is 1.44 bits per heavy atom. The molecule has 0 spiro atoms. The van der Waals surface area contributed by atoms with E-state index < -0.39 is 0 Å². The third-order valence-corrected chi connectivity index (χ3v) is 7.97. The van der Waals surface area contributed by atoms with Crippen LogP contribution in [0.5, 0.6) is 0 Å². The van der Waals surface area contributed by atoms with Crippen molar-refractivity contribution in [1.82, 2.24) is 14.7 Å². The number of carbonyl (C=O) groups is 2. The minimum absolute atomic E-state index is 0.211. The number of piperidine rings is 3. The van der Waals surface area contributed by atoms with Crippen molar-refractivity contribution in [3.05, 3.63) is 35.9 Å². The molecule has 0 saturated carbocycles. The van der Waals surface area contributed by atoms with E-state index in [1.807, 2.05) is 0 Å². The second-order valence-electron chi connectivity index (χ2n) is 10.1. The summed E-state index contributed by atoms with van der Waals surface area (Å²) in [4.78, 5) is 32.1. The molecule has 3 saturated heterocycles. The smallest absolute Gasteiger partial charge is 0.225 e. The molecule has 2 amide bonds. The molecule has 5 heteroatoms. The predicted molar refractivity (Wildman–Crippen MR) is 128 cm³/mol. The van der Waals surface area contributed by atoms with Gasteiger partial charge in [0.05, 0.1) is 0 Å². The van der Waals surface area contributed by atoms with Crippen molar-refractivity contribution >= 4 is 11.8 Å². The molecule has 0 N–H and O–H groups in total. The summed E-state index contributed by atoms with van der Waals surface area (Å²) in [6.45, 7) is 7.81. The number of hydrogen-bond acceptors (Lipinski definition) is 3. The van der Waals surface area contributed by atoms with E-state index in [1.165, 1.54) is 5.56 Å². The summed E-state index contributed by atoms with van der Waals surface area (Å²) < 4.78 is 0. The molecule has 0 aromatic heterocycles. The first kappa shape index (κ1) is 23.3. The Labute approximate surface area is 194 Å². The van der Waals surface area contributed by atoms with E-state index in [9.17, 15) is 9.59 Å². The standard InChI is InChI=1S/C27H41N3O2/c1-2-6-26(31)29-19-13-25(14-20-29)28-17-11-24(12-18-28)27(32)30-15-9-23(10-16-30)21-22-7-4-3-5-8-22/h3-5,7-8,23-25H,2,6,9-21H2,1H3. The summed E-state index contributed by atoms with van der Waals surface area (Å²) in [5, 5.41) is 0. The van der Waals surface area contributed by atoms with Crippen LogP contribution in [-0.4, -0.2) is 71.8 Å². The summed E-state index contributed by atoms with van der Waals surface area (Å²) in [6.07, 6.45) is 9.20. The van der Waals surface area contributed by atoms with Crippen LogP contribution in [-0.2, 0) is 16.0 Å². The average molecular weight is 440 g/mol. The van der Waals surface area contributed by atoms with Crippen molar-refractivity contribution in [2.24, 2.45) is 11.8 Å². The molecule has 0 aliphatic carbocycles. The minimum Gasteiger partial charge on any atom is -0.343 e. The molecule has 0 unspecified atom stereocenters. The first-order valence-electron chi connectivity index (χ1n) is 13.0. The molecule has 0 bridgehead atoms. The number of nitrogens with zero attached hydrogens (tertiary/aromatic N) is 3. The number of carbonyl (C=O) groups excluding carboxylic acids is 2. The van der Waals surface area contributed by atoms with Crippen LogP contribution in [0.2, 0.25) is 0 Å². The molecule has 1 aromatic carbocycles. The number of hydrogen-bond donors (Lipinski definition) is 0. The van der Waals surface area contributed by atoms with Gasteiger partial charge in [-0.1, -0.05) is 37.3 Å². The highest BCUT2D eigenvalue weighted by Crippen LogP contribution is 2.28. The highest BCUT2D eigenvalue weighted by Gasteiger charge is 2.34. The lowest BCUT2D eigenvalue weighted by molar-refractivity contribution is -0.139. The number of amides is 2. The van der Waals surface area contributed by atoms with Crippen LogP contribution in [0.25, 0.3) is 0 Å². The van der Waals surface area contributed by atoms with E-state index in [1.54, 1.807) is 0 Å². The third-order valence-electron chi connectivity index (χ3n) is 7.97. The van der Waals surface area contributed by atoms with Crippen LogP contribution < -0.4 is 0 Å². The monoisotopic (exact) mass is 439 g/mol. The van der Waals surface area contributed by atoms with E-state index in [2.05, 4.69) is 52.0 Å². The molecular weight excluding hydrogens is 398 g/mol.